The molecule has 0 radical (unpaired) electrons. The van der Waals surface area contributed by atoms with Crippen molar-refractivity contribution in [2.24, 2.45) is 5.92 Å². The molecule has 208 valence electrons. The van der Waals surface area contributed by atoms with Crippen molar-refractivity contribution in [3.05, 3.63) is 24.2 Å². The minimum absolute atomic E-state index is 0.0114. The monoisotopic (exact) mass is 528 g/mol. The lowest BCUT2D eigenvalue weighted by Gasteiger charge is -2.40. The van der Waals surface area contributed by atoms with E-state index in [0.717, 1.165) is 31.0 Å². The van der Waals surface area contributed by atoms with E-state index >= 15 is 0 Å². The number of hydroxylamine groups is 1. The second-order valence-electron chi connectivity index (χ2n) is 11.5. The normalized spacial score (nSPS) is 17.5. The Morgan fingerprint density at radius 3 is 2.63 bits per heavy atom. The van der Waals surface area contributed by atoms with Gasteiger partial charge in [0.2, 0.25) is 17.6 Å². The van der Waals surface area contributed by atoms with Crippen molar-refractivity contribution in [2.75, 3.05) is 18.0 Å². The average Bonchev–Trinajstić information content (AvgIpc) is 3.35. The van der Waals surface area contributed by atoms with E-state index in [1.54, 1.807) is 11.7 Å². The second kappa shape index (κ2) is 12.6. The third-order valence-corrected chi connectivity index (χ3v) is 7.17. The van der Waals surface area contributed by atoms with Gasteiger partial charge in [0.15, 0.2) is 0 Å². The Balaban J connectivity index is 1.31. The van der Waals surface area contributed by atoms with Crippen LogP contribution < -0.4 is 15.7 Å². The summed E-state index contributed by atoms with van der Waals surface area (Å²) in [6.45, 7) is 6.80. The Hall–Kier alpha value is -3.21. The quantitative estimate of drug-likeness (QED) is 0.298. The van der Waals surface area contributed by atoms with E-state index in [1.807, 2.05) is 32.9 Å². The van der Waals surface area contributed by atoms with Crippen molar-refractivity contribution in [3.8, 4) is 11.4 Å². The minimum Gasteiger partial charge on any atom is -0.444 e. The molecule has 3 N–H and O–H groups in total. The van der Waals surface area contributed by atoms with Crippen LogP contribution >= 0.6 is 0 Å². The van der Waals surface area contributed by atoms with Crippen LogP contribution in [0.5, 0.6) is 0 Å². The lowest BCUT2D eigenvalue weighted by molar-refractivity contribution is -0.129. The Morgan fingerprint density at radius 2 is 1.97 bits per heavy atom. The van der Waals surface area contributed by atoms with Gasteiger partial charge in [0, 0.05) is 37.2 Å². The molecule has 2 fully saturated rings. The fourth-order valence-corrected chi connectivity index (χ4v) is 5.17. The summed E-state index contributed by atoms with van der Waals surface area (Å²) >= 11 is 0. The van der Waals surface area contributed by atoms with Gasteiger partial charge in [-0.2, -0.15) is 4.98 Å². The van der Waals surface area contributed by atoms with Crippen molar-refractivity contribution in [1.82, 2.24) is 25.9 Å². The SMILES string of the molecule is CC(C)(C)OC(=O)NC1CN(c2ccc(-c3noc(C(CCCC4CCCCC4)CC(=O)NO)n3)cn2)C1. The summed E-state index contributed by atoms with van der Waals surface area (Å²) in [5, 5.41) is 16.0. The minimum atomic E-state index is -0.528. The molecule has 1 unspecified atom stereocenters. The molecule has 1 aliphatic carbocycles. The molecule has 3 heterocycles. The maximum atomic E-state index is 11.9. The molecule has 2 aliphatic rings. The highest BCUT2D eigenvalue weighted by Gasteiger charge is 2.31. The Bertz CT molecular complexity index is 1050. The van der Waals surface area contributed by atoms with Gasteiger partial charge in [-0.1, -0.05) is 50.1 Å². The van der Waals surface area contributed by atoms with Crippen LogP contribution in [0.1, 0.15) is 90.4 Å². The number of hydrogen-bond acceptors (Lipinski definition) is 9. The third kappa shape index (κ3) is 7.89. The van der Waals surface area contributed by atoms with Gasteiger partial charge in [-0.05, 0) is 45.2 Å². The summed E-state index contributed by atoms with van der Waals surface area (Å²) < 4.78 is 10.9. The van der Waals surface area contributed by atoms with Gasteiger partial charge in [-0.3, -0.25) is 10.0 Å². The van der Waals surface area contributed by atoms with Crippen LogP contribution in [0.25, 0.3) is 11.4 Å². The van der Waals surface area contributed by atoms with Crippen molar-refractivity contribution in [2.45, 2.75) is 96.1 Å². The zero-order valence-electron chi connectivity index (χ0n) is 22.6. The van der Waals surface area contributed by atoms with E-state index in [-0.39, 0.29) is 18.4 Å². The predicted octanol–water partition coefficient (Wildman–Crippen LogP) is 4.57. The molecule has 4 rings (SSSR count). The molecule has 2 aromatic rings. The van der Waals surface area contributed by atoms with Crippen molar-refractivity contribution in [1.29, 1.82) is 0 Å². The van der Waals surface area contributed by atoms with E-state index in [4.69, 9.17) is 14.5 Å². The van der Waals surface area contributed by atoms with Gasteiger partial charge < -0.3 is 19.5 Å². The standard InChI is InChI=1S/C27H40N6O5/c1-27(2,3)37-26(35)29-21-16-33(17-21)22-13-12-20(15-28-22)24-30-25(38-32-24)19(14-23(34)31-36)11-7-10-18-8-5-4-6-9-18/h12-13,15,18-19,21,36H,4-11,14,16-17H2,1-3H3,(H,29,35)(H,31,34). The highest BCUT2D eigenvalue weighted by atomic mass is 16.6. The summed E-state index contributed by atoms with van der Waals surface area (Å²) in [6, 6.07) is 3.78. The smallest absolute Gasteiger partial charge is 0.407 e. The van der Waals surface area contributed by atoms with Gasteiger partial charge in [0.25, 0.3) is 0 Å². The lowest BCUT2D eigenvalue weighted by atomic mass is 9.84. The summed E-state index contributed by atoms with van der Waals surface area (Å²) in [5.74, 6) is 1.64. The van der Waals surface area contributed by atoms with Crippen molar-refractivity contribution < 1.29 is 24.1 Å². The molecule has 11 heteroatoms. The van der Waals surface area contributed by atoms with Crippen LogP contribution in [-0.2, 0) is 9.53 Å². The summed E-state index contributed by atoms with van der Waals surface area (Å²) in [6.07, 6.45) is 10.7. The van der Waals surface area contributed by atoms with Crippen LogP contribution in [0.2, 0.25) is 0 Å². The number of nitrogens with one attached hydrogen (secondary N) is 2. The topological polar surface area (TPSA) is 143 Å². The maximum absolute atomic E-state index is 11.9. The van der Waals surface area contributed by atoms with Gasteiger partial charge in [0.05, 0.1) is 6.04 Å². The van der Waals surface area contributed by atoms with Crippen LogP contribution in [0.4, 0.5) is 10.6 Å². The number of nitrogens with zero attached hydrogens (tertiary/aromatic N) is 4. The molecule has 1 saturated heterocycles. The molecule has 2 amide bonds. The zero-order chi connectivity index (χ0) is 27.1. The van der Waals surface area contributed by atoms with Crippen molar-refractivity contribution >= 4 is 17.8 Å². The van der Waals surface area contributed by atoms with E-state index in [2.05, 4.69) is 25.3 Å². The first-order valence-electron chi connectivity index (χ1n) is 13.7. The highest BCUT2D eigenvalue weighted by molar-refractivity contribution is 5.75. The largest absolute Gasteiger partial charge is 0.444 e. The number of carbonyl (C=O) groups excluding carboxylic acids is 2. The van der Waals surface area contributed by atoms with Crippen LogP contribution in [0.3, 0.4) is 0 Å². The van der Waals surface area contributed by atoms with Gasteiger partial charge in [0.1, 0.15) is 11.4 Å². The van der Waals surface area contributed by atoms with Gasteiger partial charge in [-0.25, -0.2) is 15.3 Å². The van der Waals surface area contributed by atoms with Crippen LogP contribution in [0.15, 0.2) is 22.9 Å². The molecule has 38 heavy (non-hydrogen) atoms. The number of aromatic nitrogens is 3. The molecular weight excluding hydrogens is 488 g/mol. The van der Waals surface area contributed by atoms with Crippen molar-refractivity contribution in [3.63, 3.8) is 0 Å². The van der Waals surface area contributed by atoms with E-state index in [0.29, 0.717) is 30.4 Å². The predicted molar refractivity (Wildman–Crippen MR) is 141 cm³/mol. The molecule has 0 aromatic carbocycles. The van der Waals surface area contributed by atoms with Gasteiger partial charge in [-0.15, -0.1) is 0 Å². The number of ether oxygens (including phenoxy) is 1. The summed E-state index contributed by atoms with van der Waals surface area (Å²) in [5.41, 5.74) is 1.90. The second-order valence-corrected chi connectivity index (χ2v) is 11.5. The fraction of sp³-hybridized carbons (Fsp3) is 0.667. The molecule has 0 spiro atoms. The molecule has 0 bridgehead atoms. The molecule has 2 aromatic heterocycles. The molecular formula is C27H40N6O5. The maximum Gasteiger partial charge on any atom is 0.407 e. The zero-order valence-corrected chi connectivity index (χ0v) is 22.6. The number of alkyl carbamates (subject to hydrolysis) is 1. The first-order chi connectivity index (χ1) is 18.2. The number of carbonyl (C=O) groups is 2. The Morgan fingerprint density at radius 1 is 1.21 bits per heavy atom. The summed E-state index contributed by atoms with van der Waals surface area (Å²) in [7, 11) is 0. The summed E-state index contributed by atoms with van der Waals surface area (Å²) in [4.78, 5) is 35.0. The molecule has 1 aliphatic heterocycles. The fourth-order valence-electron chi connectivity index (χ4n) is 5.17. The van der Waals surface area contributed by atoms with Crippen LogP contribution in [0, 0.1) is 5.92 Å². The average molecular weight is 529 g/mol. The highest BCUT2D eigenvalue weighted by Crippen LogP contribution is 2.32. The molecule has 1 saturated carbocycles. The number of pyridine rings is 1. The molecule has 1 atom stereocenters. The molecule has 11 nitrogen and oxygen atoms in total. The first-order valence-corrected chi connectivity index (χ1v) is 13.7. The van der Waals surface area contributed by atoms with Gasteiger partial charge >= 0.3 is 6.09 Å². The van der Waals surface area contributed by atoms with E-state index in [1.165, 1.54) is 32.1 Å². The number of anilines is 1. The van der Waals surface area contributed by atoms with Crippen LogP contribution in [-0.4, -0.2) is 57.1 Å². The Labute approximate surface area is 223 Å². The first kappa shape index (κ1) is 27.8. The number of hydrogen-bond donors (Lipinski definition) is 3. The lowest BCUT2D eigenvalue weighted by Crippen LogP contribution is -2.60. The Kier molecular flexibility index (Phi) is 9.19. The number of amides is 2. The van der Waals surface area contributed by atoms with E-state index in [9.17, 15) is 9.59 Å². The van der Waals surface area contributed by atoms with E-state index < -0.39 is 17.6 Å². The third-order valence-electron chi connectivity index (χ3n) is 7.17. The number of rotatable bonds is 10.